The Labute approximate surface area is 169 Å². The normalized spacial score (nSPS) is 14.1. The molecule has 1 saturated heterocycles. The SMILES string of the molecule is CCOC(=O)C1CCN(C(=O)COC(=O)c2cc(OC)c(OC)cc2OC)CC1. The molecule has 2 rings (SSSR count). The van der Waals surface area contributed by atoms with Gasteiger partial charge >= 0.3 is 11.9 Å². The third-order valence-electron chi connectivity index (χ3n) is 4.72. The van der Waals surface area contributed by atoms with Crippen molar-refractivity contribution in [2.45, 2.75) is 19.8 Å². The zero-order valence-electron chi connectivity index (χ0n) is 17.2. The molecule has 29 heavy (non-hydrogen) atoms. The van der Waals surface area contributed by atoms with Crippen molar-refractivity contribution in [2.24, 2.45) is 5.92 Å². The molecule has 0 N–H and O–H groups in total. The van der Waals surface area contributed by atoms with Gasteiger partial charge in [-0.25, -0.2) is 4.79 Å². The number of carbonyl (C=O) groups excluding carboxylic acids is 3. The molecule has 0 spiro atoms. The fourth-order valence-corrected chi connectivity index (χ4v) is 3.11. The van der Waals surface area contributed by atoms with E-state index in [0.717, 1.165) is 0 Å². The third kappa shape index (κ3) is 5.52. The summed E-state index contributed by atoms with van der Waals surface area (Å²) < 4.78 is 25.8. The van der Waals surface area contributed by atoms with Gasteiger partial charge in [-0.3, -0.25) is 9.59 Å². The fourth-order valence-electron chi connectivity index (χ4n) is 3.11. The molecule has 0 radical (unpaired) electrons. The lowest BCUT2D eigenvalue weighted by atomic mass is 9.97. The summed E-state index contributed by atoms with van der Waals surface area (Å²) >= 11 is 0. The molecular formula is C20H27NO8. The summed E-state index contributed by atoms with van der Waals surface area (Å²) in [6.45, 7) is 2.53. The van der Waals surface area contributed by atoms with Crippen LogP contribution in [0.2, 0.25) is 0 Å². The Hall–Kier alpha value is -2.97. The molecular weight excluding hydrogens is 382 g/mol. The molecule has 1 heterocycles. The summed E-state index contributed by atoms with van der Waals surface area (Å²) in [5.74, 6) is -0.466. The van der Waals surface area contributed by atoms with Crippen LogP contribution in [-0.2, 0) is 19.1 Å². The summed E-state index contributed by atoms with van der Waals surface area (Å²) in [5.41, 5.74) is 0.124. The number of rotatable bonds is 8. The van der Waals surface area contributed by atoms with Crippen molar-refractivity contribution in [3.63, 3.8) is 0 Å². The van der Waals surface area contributed by atoms with E-state index in [4.69, 9.17) is 23.7 Å². The van der Waals surface area contributed by atoms with Crippen LogP contribution in [0.4, 0.5) is 0 Å². The number of hydrogen-bond donors (Lipinski definition) is 0. The second-order valence-electron chi connectivity index (χ2n) is 6.39. The van der Waals surface area contributed by atoms with Crippen molar-refractivity contribution in [1.82, 2.24) is 4.90 Å². The van der Waals surface area contributed by atoms with Crippen LogP contribution in [0.1, 0.15) is 30.1 Å². The highest BCUT2D eigenvalue weighted by Gasteiger charge is 2.29. The van der Waals surface area contributed by atoms with Gasteiger partial charge in [-0.2, -0.15) is 0 Å². The van der Waals surface area contributed by atoms with Gasteiger partial charge in [0.15, 0.2) is 18.1 Å². The molecule has 0 atom stereocenters. The molecule has 0 aliphatic carbocycles. The fraction of sp³-hybridized carbons (Fsp3) is 0.550. The molecule has 1 aromatic carbocycles. The summed E-state index contributed by atoms with van der Waals surface area (Å²) in [7, 11) is 4.33. The van der Waals surface area contributed by atoms with E-state index in [0.29, 0.717) is 44.0 Å². The predicted molar refractivity (Wildman–Crippen MR) is 102 cm³/mol. The molecule has 1 fully saturated rings. The van der Waals surface area contributed by atoms with Crippen LogP contribution in [0, 0.1) is 5.92 Å². The Balaban J connectivity index is 1.94. The summed E-state index contributed by atoms with van der Waals surface area (Å²) in [4.78, 5) is 38.2. The van der Waals surface area contributed by atoms with Crippen LogP contribution in [0.5, 0.6) is 17.2 Å². The van der Waals surface area contributed by atoms with E-state index in [1.807, 2.05) is 0 Å². The highest BCUT2D eigenvalue weighted by atomic mass is 16.5. The quantitative estimate of drug-likeness (QED) is 0.598. The van der Waals surface area contributed by atoms with E-state index in [9.17, 15) is 14.4 Å². The van der Waals surface area contributed by atoms with E-state index in [2.05, 4.69) is 0 Å². The highest BCUT2D eigenvalue weighted by molar-refractivity contribution is 5.95. The van der Waals surface area contributed by atoms with Crippen LogP contribution in [0.15, 0.2) is 12.1 Å². The van der Waals surface area contributed by atoms with Gasteiger partial charge in [-0.1, -0.05) is 0 Å². The van der Waals surface area contributed by atoms with Gasteiger partial charge in [-0.05, 0) is 19.8 Å². The lowest BCUT2D eigenvalue weighted by Gasteiger charge is -2.30. The third-order valence-corrected chi connectivity index (χ3v) is 4.72. The number of carbonyl (C=O) groups is 3. The van der Waals surface area contributed by atoms with Crippen LogP contribution in [-0.4, -0.2) is 70.4 Å². The monoisotopic (exact) mass is 409 g/mol. The standard InChI is InChI=1S/C20H27NO8/c1-5-28-19(23)13-6-8-21(9-7-13)18(22)12-29-20(24)14-10-16(26-3)17(27-4)11-15(14)25-2/h10-11,13H,5-9,12H2,1-4H3. The molecule has 1 aliphatic rings. The first-order valence-electron chi connectivity index (χ1n) is 9.36. The minimum absolute atomic E-state index is 0.124. The van der Waals surface area contributed by atoms with Crippen LogP contribution < -0.4 is 14.2 Å². The van der Waals surface area contributed by atoms with Gasteiger partial charge in [0.25, 0.3) is 5.91 Å². The summed E-state index contributed by atoms with van der Waals surface area (Å²) in [6, 6.07) is 2.95. The van der Waals surface area contributed by atoms with Crippen molar-refractivity contribution in [3.05, 3.63) is 17.7 Å². The van der Waals surface area contributed by atoms with Gasteiger partial charge in [0.1, 0.15) is 11.3 Å². The maximum atomic E-state index is 12.5. The highest BCUT2D eigenvalue weighted by Crippen LogP contribution is 2.35. The number of benzene rings is 1. The number of esters is 2. The van der Waals surface area contributed by atoms with Gasteiger partial charge in [0, 0.05) is 25.2 Å². The maximum Gasteiger partial charge on any atom is 0.342 e. The molecule has 160 valence electrons. The van der Waals surface area contributed by atoms with E-state index in [1.165, 1.54) is 33.5 Å². The molecule has 9 nitrogen and oxygen atoms in total. The van der Waals surface area contributed by atoms with Crippen molar-refractivity contribution >= 4 is 17.8 Å². The van der Waals surface area contributed by atoms with Crippen molar-refractivity contribution in [2.75, 3.05) is 47.6 Å². The summed E-state index contributed by atoms with van der Waals surface area (Å²) in [5, 5.41) is 0. The minimum Gasteiger partial charge on any atom is -0.496 e. The molecule has 1 aromatic rings. The van der Waals surface area contributed by atoms with E-state index >= 15 is 0 Å². The lowest BCUT2D eigenvalue weighted by molar-refractivity contribution is -0.151. The van der Waals surface area contributed by atoms with Crippen LogP contribution >= 0.6 is 0 Å². The Kier molecular flexibility index (Phi) is 8.11. The lowest BCUT2D eigenvalue weighted by Crippen LogP contribution is -2.42. The average molecular weight is 409 g/mol. The Morgan fingerprint density at radius 1 is 0.931 bits per heavy atom. The summed E-state index contributed by atoms with van der Waals surface area (Å²) in [6.07, 6.45) is 1.06. The van der Waals surface area contributed by atoms with Gasteiger partial charge < -0.3 is 28.6 Å². The van der Waals surface area contributed by atoms with Gasteiger partial charge in [0.05, 0.1) is 33.9 Å². The second kappa shape index (κ2) is 10.5. The molecule has 0 unspecified atom stereocenters. The topological polar surface area (TPSA) is 101 Å². The van der Waals surface area contributed by atoms with Gasteiger partial charge in [0.2, 0.25) is 0 Å². The van der Waals surface area contributed by atoms with Gasteiger partial charge in [-0.15, -0.1) is 0 Å². The number of nitrogens with zero attached hydrogens (tertiary/aromatic N) is 1. The number of methoxy groups -OCH3 is 3. The smallest absolute Gasteiger partial charge is 0.342 e. The zero-order chi connectivity index (χ0) is 21.4. The first-order valence-corrected chi connectivity index (χ1v) is 9.36. The van der Waals surface area contributed by atoms with Crippen molar-refractivity contribution in [3.8, 4) is 17.2 Å². The number of likely N-dealkylation sites (tertiary alicyclic amines) is 1. The maximum absolute atomic E-state index is 12.5. The largest absolute Gasteiger partial charge is 0.496 e. The van der Waals surface area contributed by atoms with Crippen molar-refractivity contribution in [1.29, 1.82) is 0 Å². The Morgan fingerprint density at radius 3 is 2.07 bits per heavy atom. The van der Waals surface area contributed by atoms with Crippen LogP contribution in [0.25, 0.3) is 0 Å². The number of piperidine rings is 1. The molecule has 0 aromatic heterocycles. The minimum atomic E-state index is -0.711. The first kappa shape index (κ1) is 22.3. The van der Waals surface area contributed by atoms with Crippen molar-refractivity contribution < 1.29 is 38.1 Å². The number of hydrogen-bond acceptors (Lipinski definition) is 8. The van der Waals surface area contributed by atoms with E-state index in [-0.39, 0.29) is 29.1 Å². The Bertz CT molecular complexity index is 740. The molecule has 1 amide bonds. The predicted octanol–water partition coefficient (Wildman–Crippen LogP) is 1.67. The zero-order valence-corrected chi connectivity index (χ0v) is 17.2. The molecule has 9 heteroatoms. The molecule has 0 saturated carbocycles. The van der Waals surface area contributed by atoms with Crippen LogP contribution in [0.3, 0.4) is 0 Å². The number of ether oxygens (including phenoxy) is 5. The second-order valence-corrected chi connectivity index (χ2v) is 6.39. The molecule has 1 aliphatic heterocycles. The number of amides is 1. The molecule has 0 bridgehead atoms. The average Bonchev–Trinajstić information content (AvgIpc) is 2.76. The van der Waals surface area contributed by atoms with E-state index in [1.54, 1.807) is 11.8 Å². The first-order chi connectivity index (χ1) is 13.9. The van der Waals surface area contributed by atoms with E-state index < -0.39 is 12.6 Å². The Morgan fingerprint density at radius 2 is 1.52 bits per heavy atom.